The lowest BCUT2D eigenvalue weighted by atomic mass is 10.0. The number of carboxylic acids is 3. The van der Waals surface area contributed by atoms with Crippen molar-refractivity contribution in [3.05, 3.63) is 69.3 Å². The molecule has 0 unspecified atom stereocenters. The van der Waals surface area contributed by atoms with Gasteiger partial charge in [-0.2, -0.15) is 0 Å². The second-order valence-electron chi connectivity index (χ2n) is 11.2. The van der Waals surface area contributed by atoms with Crippen LogP contribution in [0.15, 0.2) is 41.2 Å². The van der Waals surface area contributed by atoms with E-state index in [9.17, 15) is 39.0 Å². The Bertz CT molecular complexity index is 1790. The summed E-state index contributed by atoms with van der Waals surface area (Å²) in [6, 6.07) is 7.21. The average molecular weight is 646 g/mol. The Morgan fingerprint density at radius 1 is 1.02 bits per heavy atom. The number of aromatic amines is 1. The molecule has 1 aromatic heterocycles. The number of aliphatic carboxylic acids is 3. The zero-order chi connectivity index (χ0) is 34.2. The number of benzene rings is 2. The van der Waals surface area contributed by atoms with Crippen LogP contribution in [0.5, 0.6) is 0 Å². The van der Waals surface area contributed by atoms with Gasteiger partial charge in [-0.1, -0.05) is 12.8 Å². The summed E-state index contributed by atoms with van der Waals surface area (Å²) >= 11 is 0. The van der Waals surface area contributed by atoms with Gasteiger partial charge in [-0.05, 0) is 73.2 Å². The number of fused-ring (bicyclic) bond motifs is 2. The number of rotatable bonds is 15. The van der Waals surface area contributed by atoms with Crippen molar-refractivity contribution in [3.63, 3.8) is 0 Å². The number of terminal acetylenes is 1. The van der Waals surface area contributed by atoms with Gasteiger partial charge in [0.05, 0.1) is 23.5 Å². The van der Waals surface area contributed by atoms with Crippen molar-refractivity contribution in [1.29, 1.82) is 0 Å². The average Bonchev–Trinajstić information content (AvgIpc) is 3.44. The summed E-state index contributed by atoms with van der Waals surface area (Å²) in [5.74, 6) is -2.24. The molecule has 0 radical (unpaired) electrons. The minimum atomic E-state index is -1.45. The van der Waals surface area contributed by atoms with Gasteiger partial charge in [-0.15, -0.1) is 6.42 Å². The number of H-pyrrole nitrogens is 1. The van der Waals surface area contributed by atoms with Crippen molar-refractivity contribution in [1.82, 2.24) is 20.6 Å². The molecule has 14 heteroatoms. The highest BCUT2D eigenvalue weighted by Crippen LogP contribution is 2.39. The van der Waals surface area contributed by atoms with E-state index in [0.717, 1.165) is 24.0 Å². The quantitative estimate of drug-likeness (QED) is 0.131. The lowest BCUT2D eigenvalue weighted by Crippen LogP contribution is -2.44. The van der Waals surface area contributed by atoms with Gasteiger partial charge in [-0.3, -0.25) is 19.2 Å². The molecule has 1 aliphatic rings. The molecule has 0 bridgehead atoms. The van der Waals surface area contributed by atoms with E-state index < -0.39 is 54.6 Å². The van der Waals surface area contributed by atoms with E-state index in [-0.39, 0.29) is 36.6 Å². The molecule has 0 saturated carbocycles. The maximum absolute atomic E-state index is 13.0. The maximum atomic E-state index is 13.0. The Kier molecular flexibility index (Phi) is 10.9. The minimum absolute atomic E-state index is 0.136. The summed E-state index contributed by atoms with van der Waals surface area (Å²) in [4.78, 5) is 81.3. The van der Waals surface area contributed by atoms with E-state index in [1.807, 2.05) is 24.0 Å². The molecule has 47 heavy (non-hydrogen) atoms. The molecule has 0 aliphatic heterocycles. The largest absolute Gasteiger partial charge is 0.481 e. The molecule has 0 spiro atoms. The minimum Gasteiger partial charge on any atom is -0.481 e. The highest BCUT2D eigenvalue weighted by molar-refractivity contribution is 5.97. The van der Waals surface area contributed by atoms with Crippen LogP contribution in [0.1, 0.15) is 72.4 Å². The van der Waals surface area contributed by atoms with Gasteiger partial charge >= 0.3 is 17.9 Å². The molecule has 246 valence electrons. The number of aryl methyl sites for hydroxylation is 2. The first-order valence-electron chi connectivity index (χ1n) is 15.0. The molecule has 1 heterocycles. The van der Waals surface area contributed by atoms with Gasteiger partial charge in [0, 0.05) is 30.5 Å². The van der Waals surface area contributed by atoms with Crippen molar-refractivity contribution >= 4 is 46.3 Å². The number of carbonyl (C=O) groups is 5. The first kappa shape index (κ1) is 34.2. The van der Waals surface area contributed by atoms with Crippen LogP contribution in [0, 0.1) is 12.3 Å². The van der Waals surface area contributed by atoms with Crippen LogP contribution in [-0.2, 0) is 32.0 Å². The number of amides is 2. The van der Waals surface area contributed by atoms with E-state index in [2.05, 4.69) is 26.5 Å². The van der Waals surface area contributed by atoms with E-state index in [0.29, 0.717) is 28.8 Å². The molecule has 0 saturated heterocycles. The third-order valence-electron chi connectivity index (χ3n) is 8.04. The Morgan fingerprint density at radius 2 is 1.68 bits per heavy atom. The van der Waals surface area contributed by atoms with Gasteiger partial charge in [0.1, 0.15) is 17.9 Å². The van der Waals surface area contributed by atoms with Crippen molar-refractivity contribution < 1.29 is 39.3 Å². The Labute approximate surface area is 269 Å². The second kappa shape index (κ2) is 15.0. The van der Waals surface area contributed by atoms with Gasteiger partial charge in [-0.25, -0.2) is 14.6 Å². The fraction of sp³-hybridized carbons (Fsp3) is 0.364. The topological polar surface area (TPSA) is 219 Å². The van der Waals surface area contributed by atoms with Crippen LogP contribution < -0.4 is 21.1 Å². The predicted octanol–water partition coefficient (Wildman–Crippen LogP) is 2.01. The first-order valence-corrected chi connectivity index (χ1v) is 15.0. The van der Waals surface area contributed by atoms with E-state index in [4.69, 9.17) is 11.5 Å². The SMILES string of the molecule is C#CCN(c1ccc(C(=O)N[C@@H](CCC(=O)N[C@H](CCC(=O)O)C(=O)O)C(=O)O)cc1)[C@H]1CCc2cc3nc(CC)[nH]c(=O)c3cc21. The lowest BCUT2D eigenvalue weighted by Gasteiger charge is -2.30. The zero-order valence-corrected chi connectivity index (χ0v) is 25.6. The molecule has 2 aromatic carbocycles. The molecular formula is C33H35N5O9. The van der Waals surface area contributed by atoms with Gasteiger partial charge in [0.25, 0.3) is 11.5 Å². The highest BCUT2D eigenvalue weighted by atomic mass is 16.4. The normalized spacial score (nSPS) is 14.8. The van der Waals surface area contributed by atoms with Crippen molar-refractivity contribution in [3.8, 4) is 12.3 Å². The van der Waals surface area contributed by atoms with Crippen LogP contribution in [0.4, 0.5) is 5.69 Å². The van der Waals surface area contributed by atoms with Crippen LogP contribution in [0.25, 0.3) is 10.9 Å². The van der Waals surface area contributed by atoms with Crippen molar-refractivity contribution in [2.45, 2.75) is 70.0 Å². The van der Waals surface area contributed by atoms with E-state index in [1.165, 1.54) is 12.1 Å². The summed E-state index contributed by atoms with van der Waals surface area (Å²) in [5.41, 5.74) is 3.35. The molecule has 6 N–H and O–H groups in total. The van der Waals surface area contributed by atoms with Crippen LogP contribution in [-0.4, -0.2) is 73.6 Å². The smallest absolute Gasteiger partial charge is 0.326 e. The number of hydrogen-bond acceptors (Lipinski definition) is 8. The standard InChI is InChI=1S/C33H35N5O9/c1-3-15-38(26-12-7-19-16-25-22(17-21(19)26)31(43)37-27(4-2)34-25)20-8-5-18(6-9-20)30(42)36-24(33(46)47)10-13-28(39)35-23(32(44)45)11-14-29(40)41/h1,5-6,8-9,16-17,23-24,26H,4,7,10-15H2,2H3,(H,35,39)(H,36,42)(H,40,41)(H,44,45)(H,46,47)(H,34,37,43)/t23-,24+,26+/m1/s1. The number of nitrogens with zero attached hydrogens (tertiary/aromatic N) is 2. The lowest BCUT2D eigenvalue weighted by molar-refractivity contribution is -0.143. The molecule has 2 amide bonds. The third-order valence-corrected chi connectivity index (χ3v) is 8.04. The van der Waals surface area contributed by atoms with Gasteiger partial charge in [0.15, 0.2) is 0 Å². The summed E-state index contributed by atoms with van der Waals surface area (Å²) in [6.07, 6.45) is 6.26. The molecule has 3 aromatic rings. The third kappa shape index (κ3) is 8.31. The van der Waals surface area contributed by atoms with Gasteiger partial charge < -0.3 is 35.8 Å². The van der Waals surface area contributed by atoms with Crippen LogP contribution >= 0.6 is 0 Å². The molecule has 3 atom stereocenters. The Balaban J connectivity index is 1.44. The first-order chi connectivity index (χ1) is 22.4. The fourth-order valence-corrected chi connectivity index (χ4v) is 5.61. The molecule has 1 aliphatic carbocycles. The maximum Gasteiger partial charge on any atom is 0.326 e. The number of hydrogen-bond donors (Lipinski definition) is 6. The second-order valence-corrected chi connectivity index (χ2v) is 11.2. The number of carboxylic acid groups (broad SMARTS) is 3. The summed E-state index contributed by atoms with van der Waals surface area (Å²) in [6.45, 7) is 2.17. The van der Waals surface area contributed by atoms with Crippen LogP contribution in [0.2, 0.25) is 0 Å². The Morgan fingerprint density at radius 3 is 2.30 bits per heavy atom. The summed E-state index contributed by atoms with van der Waals surface area (Å²) in [5, 5.41) is 32.7. The fourth-order valence-electron chi connectivity index (χ4n) is 5.61. The number of anilines is 1. The van der Waals surface area contributed by atoms with Gasteiger partial charge in [0.2, 0.25) is 5.91 Å². The van der Waals surface area contributed by atoms with E-state index in [1.54, 1.807) is 12.1 Å². The highest BCUT2D eigenvalue weighted by Gasteiger charge is 2.30. The molecule has 4 rings (SSSR count). The van der Waals surface area contributed by atoms with Crippen molar-refractivity contribution in [2.24, 2.45) is 0 Å². The number of carbonyl (C=O) groups excluding carboxylic acids is 2. The van der Waals surface area contributed by atoms with E-state index >= 15 is 0 Å². The number of aromatic nitrogens is 2. The molecular weight excluding hydrogens is 610 g/mol. The predicted molar refractivity (Wildman–Crippen MR) is 170 cm³/mol. The summed E-state index contributed by atoms with van der Waals surface area (Å²) in [7, 11) is 0. The Hall–Kier alpha value is -5.71. The molecule has 14 nitrogen and oxygen atoms in total. The molecule has 0 fully saturated rings. The summed E-state index contributed by atoms with van der Waals surface area (Å²) < 4.78 is 0. The monoisotopic (exact) mass is 645 g/mol. The number of nitrogens with one attached hydrogen (secondary N) is 3. The van der Waals surface area contributed by atoms with Crippen molar-refractivity contribution in [2.75, 3.05) is 11.4 Å². The zero-order valence-electron chi connectivity index (χ0n) is 25.6. The van der Waals surface area contributed by atoms with Crippen LogP contribution in [0.3, 0.4) is 0 Å².